The van der Waals surface area contributed by atoms with Crippen molar-refractivity contribution in [3.63, 3.8) is 0 Å². The standard InChI is InChI=1S/C19H25F3N4/c1-4-19(21,22)18(2,3)12-23-15-9-10-16-24-25-17(26(16)11-15)13-5-7-14(20)8-6-13/h5-8,15,23H,4,9-12H2,1-3H3. The summed E-state index contributed by atoms with van der Waals surface area (Å²) >= 11 is 0. The molecule has 1 atom stereocenters. The number of aromatic nitrogens is 3. The first-order chi connectivity index (χ1) is 12.2. The van der Waals surface area contributed by atoms with Gasteiger partial charge in [-0.1, -0.05) is 20.8 Å². The van der Waals surface area contributed by atoms with Gasteiger partial charge in [-0.05, 0) is 30.7 Å². The van der Waals surface area contributed by atoms with E-state index in [2.05, 4.69) is 15.5 Å². The summed E-state index contributed by atoms with van der Waals surface area (Å²) in [6.07, 6.45) is 1.39. The number of hydrogen-bond acceptors (Lipinski definition) is 3. The van der Waals surface area contributed by atoms with E-state index in [0.29, 0.717) is 12.4 Å². The topological polar surface area (TPSA) is 42.7 Å². The number of nitrogens with zero attached hydrogens (tertiary/aromatic N) is 3. The van der Waals surface area contributed by atoms with E-state index < -0.39 is 11.3 Å². The monoisotopic (exact) mass is 366 g/mol. The number of nitrogens with one attached hydrogen (secondary N) is 1. The summed E-state index contributed by atoms with van der Waals surface area (Å²) in [5, 5.41) is 11.8. The molecule has 0 amide bonds. The van der Waals surface area contributed by atoms with E-state index in [0.717, 1.165) is 24.2 Å². The van der Waals surface area contributed by atoms with Crippen LogP contribution in [0.5, 0.6) is 0 Å². The van der Waals surface area contributed by atoms with Gasteiger partial charge in [0.25, 0.3) is 5.92 Å². The SMILES string of the molecule is CCC(F)(F)C(C)(C)CNC1CCc2nnc(-c3ccc(F)cc3)n2C1. The maximum Gasteiger partial charge on any atom is 0.254 e. The molecule has 1 aliphatic rings. The number of alkyl halides is 2. The Hall–Kier alpha value is -1.89. The van der Waals surface area contributed by atoms with Gasteiger partial charge in [0.05, 0.1) is 0 Å². The molecule has 2 aromatic rings. The molecular weight excluding hydrogens is 341 g/mol. The first-order valence-corrected chi connectivity index (χ1v) is 9.03. The lowest BCUT2D eigenvalue weighted by Crippen LogP contribution is -2.48. The molecule has 4 nitrogen and oxygen atoms in total. The number of rotatable bonds is 6. The third kappa shape index (κ3) is 3.63. The first kappa shape index (κ1) is 18.9. The Bertz CT molecular complexity index is 753. The molecule has 142 valence electrons. The van der Waals surface area contributed by atoms with Gasteiger partial charge in [-0.15, -0.1) is 10.2 Å². The second-order valence-electron chi connectivity index (χ2n) is 7.62. The highest BCUT2D eigenvalue weighted by Crippen LogP contribution is 2.38. The van der Waals surface area contributed by atoms with E-state index in [1.807, 2.05) is 4.57 Å². The zero-order chi connectivity index (χ0) is 18.9. The third-order valence-electron chi connectivity index (χ3n) is 5.32. The summed E-state index contributed by atoms with van der Waals surface area (Å²) in [7, 11) is 0. The van der Waals surface area contributed by atoms with Crippen LogP contribution >= 0.6 is 0 Å². The van der Waals surface area contributed by atoms with E-state index in [1.54, 1.807) is 26.0 Å². The van der Waals surface area contributed by atoms with Crippen molar-refractivity contribution in [2.45, 2.75) is 58.5 Å². The molecule has 0 spiro atoms. The van der Waals surface area contributed by atoms with Crippen molar-refractivity contribution >= 4 is 0 Å². The van der Waals surface area contributed by atoms with Crippen LogP contribution in [0.2, 0.25) is 0 Å². The van der Waals surface area contributed by atoms with Gasteiger partial charge in [0.1, 0.15) is 11.6 Å². The zero-order valence-corrected chi connectivity index (χ0v) is 15.4. The minimum atomic E-state index is -2.71. The van der Waals surface area contributed by atoms with Crippen LogP contribution in [0.25, 0.3) is 11.4 Å². The summed E-state index contributed by atoms with van der Waals surface area (Å²) in [5.74, 6) is -1.45. The molecule has 26 heavy (non-hydrogen) atoms. The molecule has 1 aromatic heterocycles. The van der Waals surface area contributed by atoms with Crippen molar-refractivity contribution in [2.75, 3.05) is 6.54 Å². The summed E-state index contributed by atoms with van der Waals surface area (Å²) in [6, 6.07) is 6.21. The van der Waals surface area contributed by atoms with Gasteiger partial charge in [0.15, 0.2) is 5.82 Å². The van der Waals surface area contributed by atoms with Crippen LogP contribution in [0, 0.1) is 11.2 Å². The second-order valence-corrected chi connectivity index (χ2v) is 7.62. The number of hydrogen-bond donors (Lipinski definition) is 1. The van der Waals surface area contributed by atoms with Crippen LogP contribution in [-0.2, 0) is 13.0 Å². The van der Waals surface area contributed by atoms with E-state index in [-0.39, 0.29) is 24.8 Å². The molecule has 0 saturated carbocycles. The Balaban J connectivity index is 1.72. The van der Waals surface area contributed by atoms with Crippen molar-refractivity contribution in [1.82, 2.24) is 20.1 Å². The average Bonchev–Trinajstić information content (AvgIpc) is 3.04. The summed E-state index contributed by atoms with van der Waals surface area (Å²) in [5.41, 5.74) is -0.321. The van der Waals surface area contributed by atoms with Gasteiger partial charge in [-0.3, -0.25) is 0 Å². The van der Waals surface area contributed by atoms with Crippen LogP contribution in [-0.4, -0.2) is 33.3 Å². The summed E-state index contributed by atoms with van der Waals surface area (Å²) in [6.45, 7) is 5.56. The molecule has 0 fully saturated rings. The fraction of sp³-hybridized carbons (Fsp3) is 0.579. The number of aryl methyl sites for hydroxylation is 1. The molecule has 1 aliphatic heterocycles. The molecule has 3 rings (SSSR count). The van der Waals surface area contributed by atoms with Crippen LogP contribution in [0.1, 0.15) is 39.4 Å². The Morgan fingerprint density at radius 2 is 1.88 bits per heavy atom. The van der Waals surface area contributed by atoms with Crippen molar-refractivity contribution in [1.29, 1.82) is 0 Å². The minimum absolute atomic E-state index is 0.0737. The van der Waals surface area contributed by atoms with E-state index >= 15 is 0 Å². The van der Waals surface area contributed by atoms with Crippen LogP contribution < -0.4 is 5.32 Å². The fourth-order valence-corrected chi connectivity index (χ4v) is 3.31. The maximum atomic E-state index is 14.1. The zero-order valence-electron chi connectivity index (χ0n) is 15.4. The average molecular weight is 366 g/mol. The predicted molar refractivity (Wildman–Crippen MR) is 94.5 cm³/mol. The van der Waals surface area contributed by atoms with Gasteiger partial charge >= 0.3 is 0 Å². The summed E-state index contributed by atoms with van der Waals surface area (Å²) < 4.78 is 43.3. The largest absolute Gasteiger partial charge is 0.311 e. The Labute approximate surface area is 151 Å². The van der Waals surface area contributed by atoms with Crippen LogP contribution in [0.3, 0.4) is 0 Å². The van der Waals surface area contributed by atoms with Gasteiger partial charge in [0, 0.05) is 43.0 Å². The quantitative estimate of drug-likeness (QED) is 0.838. The van der Waals surface area contributed by atoms with Crippen LogP contribution in [0.15, 0.2) is 24.3 Å². The minimum Gasteiger partial charge on any atom is -0.311 e. The molecule has 1 unspecified atom stereocenters. The normalized spacial score (nSPS) is 18.0. The highest BCUT2D eigenvalue weighted by Gasteiger charge is 2.44. The number of halogens is 3. The lowest BCUT2D eigenvalue weighted by atomic mass is 9.83. The highest BCUT2D eigenvalue weighted by atomic mass is 19.3. The van der Waals surface area contributed by atoms with Crippen molar-refractivity contribution in [2.24, 2.45) is 5.41 Å². The Morgan fingerprint density at radius 3 is 2.54 bits per heavy atom. The molecule has 0 aliphatic carbocycles. The van der Waals surface area contributed by atoms with Gasteiger partial charge in [-0.25, -0.2) is 13.2 Å². The lowest BCUT2D eigenvalue weighted by molar-refractivity contribution is -0.107. The van der Waals surface area contributed by atoms with E-state index in [1.165, 1.54) is 19.1 Å². The molecular formula is C19H25F3N4. The lowest BCUT2D eigenvalue weighted by Gasteiger charge is -2.36. The molecule has 2 heterocycles. The van der Waals surface area contributed by atoms with Crippen LogP contribution in [0.4, 0.5) is 13.2 Å². The Morgan fingerprint density at radius 1 is 1.19 bits per heavy atom. The molecule has 0 saturated heterocycles. The maximum absolute atomic E-state index is 14.1. The molecule has 0 bridgehead atoms. The molecule has 1 aromatic carbocycles. The Kier molecular flexibility index (Phi) is 5.10. The van der Waals surface area contributed by atoms with Gasteiger partial charge in [0.2, 0.25) is 0 Å². The molecule has 7 heteroatoms. The smallest absolute Gasteiger partial charge is 0.254 e. The van der Waals surface area contributed by atoms with Crippen molar-refractivity contribution < 1.29 is 13.2 Å². The number of benzene rings is 1. The van der Waals surface area contributed by atoms with E-state index in [9.17, 15) is 13.2 Å². The highest BCUT2D eigenvalue weighted by molar-refractivity contribution is 5.55. The molecule has 0 radical (unpaired) electrons. The second kappa shape index (κ2) is 7.02. The van der Waals surface area contributed by atoms with Crippen molar-refractivity contribution in [3.05, 3.63) is 35.9 Å². The first-order valence-electron chi connectivity index (χ1n) is 9.03. The fourth-order valence-electron chi connectivity index (χ4n) is 3.31. The van der Waals surface area contributed by atoms with Gasteiger partial charge < -0.3 is 9.88 Å². The summed E-state index contributed by atoms with van der Waals surface area (Å²) in [4.78, 5) is 0. The third-order valence-corrected chi connectivity index (χ3v) is 5.32. The molecule has 1 N–H and O–H groups in total. The predicted octanol–water partition coefficient (Wildman–Crippen LogP) is 4.06. The number of fused-ring (bicyclic) bond motifs is 1. The van der Waals surface area contributed by atoms with E-state index in [4.69, 9.17) is 0 Å². The van der Waals surface area contributed by atoms with Gasteiger partial charge in [-0.2, -0.15) is 0 Å². The van der Waals surface area contributed by atoms with Crippen molar-refractivity contribution in [3.8, 4) is 11.4 Å².